The van der Waals surface area contributed by atoms with Crippen LogP contribution in [0.1, 0.15) is 6.42 Å². The van der Waals surface area contributed by atoms with Crippen molar-refractivity contribution in [2.75, 3.05) is 54.4 Å². The van der Waals surface area contributed by atoms with Crippen molar-refractivity contribution in [1.82, 2.24) is 15.3 Å². The Morgan fingerprint density at radius 1 is 1.14 bits per heavy atom. The van der Waals surface area contributed by atoms with E-state index in [1.807, 2.05) is 17.0 Å². The number of piperidine rings is 1. The monoisotopic (exact) mass is 424 g/mol. The number of alkyl halides is 1. The summed E-state index contributed by atoms with van der Waals surface area (Å²) in [4.78, 5) is 12.8. The Kier molecular flexibility index (Phi) is 5.98. The third-order valence-corrected chi connectivity index (χ3v) is 5.45. The van der Waals surface area contributed by atoms with E-state index >= 15 is 0 Å². The van der Waals surface area contributed by atoms with Crippen LogP contribution in [0.25, 0.3) is 0 Å². The van der Waals surface area contributed by atoms with Gasteiger partial charge in [-0.15, -0.1) is 0 Å². The summed E-state index contributed by atoms with van der Waals surface area (Å²) < 4.78 is 27.5. The maximum Gasteiger partial charge on any atom is 0.147 e. The number of hydrogen-bond acceptors (Lipinski definition) is 7. The van der Waals surface area contributed by atoms with Crippen molar-refractivity contribution in [3.63, 3.8) is 0 Å². The molecule has 156 valence electrons. The Hall–Kier alpha value is -2.23. The zero-order valence-electron chi connectivity index (χ0n) is 15.8. The van der Waals surface area contributed by atoms with E-state index in [0.29, 0.717) is 18.2 Å². The molecule has 2 atom stereocenters. The van der Waals surface area contributed by atoms with Crippen LogP contribution in [0.3, 0.4) is 0 Å². The van der Waals surface area contributed by atoms with Gasteiger partial charge in [0.2, 0.25) is 0 Å². The van der Waals surface area contributed by atoms with E-state index < -0.39 is 18.1 Å². The number of β-amino-alcohol motifs (C(OH)–C–C–N with tert-alkyl or cyclic N) is 1. The molecule has 2 aliphatic rings. The maximum atomic E-state index is 13.8. The van der Waals surface area contributed by atoms with Gasteiger partial charge >= 0.3 is 0 Å². The average Bonchev–Trinajstić information content (AvgIpc) is 2.73. The fraction of sp³-hybridized carbons (Fsp3) is 0.474. The summed E-state index contributed by atoms with van der Waals surface area (Å²) in [7, 11) is 0. The van der Waals surface area contributed by atoms with E-state index in [2.05, 4.69) is 25.5 Å². The Bertz CT molecular complexity index is 867. The lowest BCUT2D eigenvalue weighted by Gasteiger charge is -2.35. The lowest BCUT2D eigenvalue weighted by atomic mass is 10.1. The molecule has 2 aromatic rings. The molecule has 4 heterocycles. The molecule has 2 aromatic heterocycles. The third-order valence-electron chi connectivity index (χ3n) is 5.17. The predicted molar refractivity (Wildman–Crippen MR) is 110 cm³/mol. The van der Waals surface area contributed by atoms with Crippen LogP contribution in [0.4, 0.5) is 31.9 Å². The maximum absolute atomic E-state index is 13.8. The molecule has 10 heteroatoms. The first-order valence-electron chi connectivity index (χ1n) is 9.62. The number of nitrogens with one attached hydrogen (secondary N) is 2. The molecule has 0 aliphatic carbocycles. The van der Waals surface area contributed by atoms with Crippen LogP contribution < -0.4 is 20.4 Å². The number of anilines is 4. The van der Waals surface area contributed by atoms with Crippen LogP contribution in [0, 0.1) is 5.82 Å². The zero-order valence-corrected chi connectivity index (χ0v) is 16.5. The van der Waals surface area contributed by atoms with Crippen LogP contribution in [0.5, 0.6) is 0 Å². The van der Waals surface area contributed by atoms with Crippen molar-refractivity contribution in [3.8, 4) is 0 Å². The molecule has 2 fully saturated rings. The first-order valence-corrected chi connectivity index (χ1v) is 10.0. The molecule has 0 saturated carbocycles. The number of halogens is 3. The Morgan fingerprint density at radius 3 is 2.66 bits per heavy atom. The molecule has 29 heavy (non-hydrogen) atoms. The number of aliphatic hydroxyl groups excluding tert-OH is 1. The predicted octanol–water partition coefficient (Wildman–Crippen LogP) is 2.33. The number of aromatic nitrogens is 2. The molecule has 0 aromatic carbocycles. The summed E-state index contributed by atoms with van der Waals surface area (Å²) in [6.07, 6.45) is -0.783. The lowest BCUT2D eigenvalue weighted by molar-refractivity contribution is 0.0643. The molecule has 0 amide bonds. The van der Waals surface area contributed by atoms with Gasteiger partial charge in [-0.05, 0) is 6.42 Å². The van der Waals surface area contributed by atoms with E-state index in [9.17, 15) is 13.9 Å². The fourth-order valence-electron chi connectivity index (χ4n) is 3.56. The minimum Gasteiger partial charge on any atom is -0.388 e. The highest BCUT2D eigenvalue weighted by Crippen LogP contribution is 2.29. The Morgan fingerprint density at radius 2 is 1.93 bits per heavy atom. The van der Waals surface area contributed by atoms with Crippen LogP contribution >= 0.6 is 11.6 Å². The smallest absolute Gasteiger partial charge is 0.147 e. The van der Waals surface area contributed by atoms with E-state index in [-0.39, 0.29) is 23.8 Å². The van der Waals surface area contributed by atoms with Crippen LogP contribution in [-0.2, 0) is 0 Å². The van der Waals surface area contributed by atoms with Crippen molar-refractivity contribution in [2.45, 2.75) is 18.7 Å². The van der Waals surface area contributed by atoms with Gasteiger partial charge in [0, 0.05) is 63.2 Å². The summed E-state index contributed by atoms with van der Waals surface area (Å²) in [5, 5.41) is 16.2. The number of piperazine rings is 1. The van der Waals surface area contributed by atoms with Crippen molar-refractivity contribution in [2.24, 2.45) is 0 Å². The van der Waals surface area contributed by atoms with Gasteiger partial charge in [-0.1, -0.05) is 11.6 Å². The summed E-state index contributed by atoms with van der Waals surface area (Å²) in [5.74, 6) is 0.826. The summed E-state index contributed by atoms with van der Waals surface area (Å²) >= 11 is 5.71. The number of hydrogen-bond donors (Lipinski definition) is 3. The van der Waals surface area contributed by atoms with Crippen LogP contribution in [-0.4, -0.2) is 66.6 Å². The van der Waals surface area contributed by atoms with Gasteiger partial charge in [0.05, 0.1) is 11.2 Å². The van der Waals surface area contributed by atoms with Crippen LogP contribution in [0.2, 0.25) is 5.02 Å². The standard InChI is InChI=1S/C19H23ClF2N6O/c20-13-10-24-17(9-15(13)22)25-18-7-12(27-5-2-23-3-6-27)8-19(26-18)28-4-1-14(21)16(29)11-28/h7-10,14,16,23,29H,1-6,11H2,(H,24,25,26). The Balaban J connectivity index is 1.64. The second kappa shape index (κ2) is 8.64. The molecule has 7 nitrogen and oxygen atoms in total. The van der Waals surface area contributed by atoms with Crippen molar-refractivity contribution >= 4 is 34.7 Å². The molecule has 2 saturated heterocycles. The summed E-state index contributed by atoms with van der Waals surface area (Å²) in [6, 6.07) is 5.03. The van der Waals surface area contributed by atoms with Crippen molar-refractivity contribution in [1.29, 1.82) is 0 Å². The van der Waals surface area contributed by atoms with Gasteiger partial charge in [0.15, 0.2) is 0 Å². The second-order valence-corrected chi connectivity index (χ2v) is 7.64. The van der Waals surface area contributed by atoms with E-state index in [4.69, 9.17) is 11.6 Å². The van der Waals surface area contributed by atoms with E-state index in [0.717, 1.165) is 31.9 Å². The number of pyridine rings is 2. The molecule has 4 rings (SSSR count). The molecular weight excluding hydrogens is 402 g/mol. The molecule has 2 aliphatic heterocycles. The van der Waals surface area contributed by atoms with Gasteiger partial charge in [-0.25, -0.2) is 18.7 Å². The zero-order chi connectivity index (χ0) is 20.4. The van der Waals surface area contributed by atoms with Crippen molar-refractivity contribution in [3.05, 3.63) is 35.2 Å². The molecular formula is C19H23ClF2N6O. The highest BCUT2D eigenvalue weighted by molar-refractivity contribution is 6.30. The molecule has 2 unspecified atom stereocenters. The summed E-state index contributed by atoms with van der Waals surface area (Å²) in [5.41, 5.74) is 0.949. The van der Waals surface area contributed by atoms with Gasteiger partial charge in [0.25, 0.3) is 0 Å². The van der Waals surface area contributed by atoms with Crippen LogP contribution in [0.15, 0.2) is 24.4 Å². The minimum absolute atomic E-state index is 0.0538. The van der Waals surface area contributed by atoms with Crippen molar-refractivity contribution < 1.29 is 13.9 Å². The molecule has 3 N–H and O–H groups in total. The van der Waals surface area contributed by atoms with Gasteiger partial charge in [-0.2, -0.15) is 0 Å². The topological polar surface area (TPSA) is 76.6 Å². The second-order valence-electron chi connectivity index (χ2n) is 7.23. The SMILES string of the molecule is OC1CN(c2cc(N3CCNCC3)cc(Nc3cc(F)c(Cl)cn3)n2)CCC1F. The van der Waals surface area contributed by atoms with E-state index in [1.165, 1.54) is 12.3 Å². The van der Waals surface area contributed by atoms with Gasteiger partial charge in [0.1, 0.15) is 35.5 Å². The normalized spacial score (nSPS) is 22.6. The minimum atomic E-state index is -1.22. The number of nitrogens with zero attached hydrogens (tertiary/aromatic N) is 4. The molecule has 0 bridgehead atoms. The molecule has 0 radical (unpaired) electrons. The quantitative estimate of drug-likeness (QED) is 0.695. The number of aliphatic hydroxyl groups is 1. The van der Waals surface area contributed by atoms with Gasteiger partial charge < -0.3 is 25.5 Å². The first-order chi connectivity index (χ1) is 14.0. The Labute approximate surface area is 172 Å². The molecule has 0 spiro atoms. The largest absolute Gasteiger partial charge is 0.388 e. The van der Waals surface area contributed by atoms with E-state index in [1.54, 1.807) is 0 Å². The fourth-order valence-corrected chi connectivity index (χ4v) is 3.66. The average molecular weight is 425 g/mol. The van der Waals surface area contributed by atoms with Gasteiger partial charge in [-0.3, -0.25) is 0 Å². The number of rotatable bonds is 4. The highest BCUT2D eigenvalue weighted by atomic mass is 35.5. The summed E-state index contributed by atoms with van der Waals surface area (Å²) in [6.45, 7) is 4.06. The first kappa shape index (κ1) is 20.1. The lowest BCUT2D eigenvalue weighted by Crippen LogP contribution is -2.46. The third kappa shape index (κ3) is 4.68. The highest BCUT2D eigenvalue weighted by Gasteiger charge is 2.28.